The van der Waals surface area contributed by atoms with Gasteiger partial charge in [-0.25, -0.2) is 9.97 Å². The van der Waals surface area contributed by atoms with Crippen molar-refractivity contribution in [3.63, 3.8) is 0 Å². The summed E-state index contributed by atoms with van der Waals surface area (Å²) < 4.78 is 11.3. The second-order valence-electron chi connectivity index (χ2n) is 6.04. The van der Waals surface area contributed by atoms with Crippen molar-refractivity contribution in [3.05, 3.63) is 42.0 Å². The quantitative estimate of drug-likeness (QED) is 0.624. The fraction of sp³-hybridized carbons (Fsp3) is 0.316. The summed E-state index contributed by atoms with van der Waals surface area (Å²) >= 11 is 0. The molecular formula is C19H21N7O2. The highest BCUT2D eigenvalue weighted by Crippen LogP contribution is 2.27. The number of aromatic nitrogens is 3. The van der Waals surface area contributed by atoms with Crippen LogP contribution in [0.5, 0.6) is 5.75 Å². The van der Waals surface area contributed by atoms with Gasteiger partial charge in [-0.3, -0.25) is 0 Å². The van der Waals surface area contributed by atoms with Crippen molar-refractivity contribution in [1.82, 2.24) is 20.3 Å². The molecule has 1 aliphatic heterocycles. The summed E-state index contributed by atoms with van der Waals surface area (Å²) in [5.41, 5.74) is 1.60. The van der Waals surface area contributed by atoms with Crippen LogP contribution in [0.2, 0.25) is 0 Å². The van der Waals surface area contributed by atoms with Crippen molar-refractivity contribution in [3.8, 4) is 23.2 Å². The molecule has 0 spiro atoms. The SMILES string of the molecule is CN/C=C(\C=N)Nc1ncnc(-c2ccc(OC3CCOCC3)c(C#N)c2)n1. The number of hydrogen-bond donors (Lipinski definition) is 3. The number of nitrogens with one attached hydrogen (secondary N) is 3. The number of ether oxygens (including phenoxy) is 2. The number of benzene rings is 1. The number of anilines is 1. The first kappa shape index (κ1) is 19.3. The molecule has 0 amide bonds. The molecule has 0 radical (unpaired) electrons. The standard InChI is InChI=1S/C19H21N7O2/c1-22-11-15(10-21)25-19-24-12-23-18(26-19)13-2-3-17(14(8-13)9-20)28-16-4-6-27-7-5-16/h2-3,8,10-12,16,21-22H,4-7H2,1H3,(H,23,24,25,26)/b15-11+,21-10?. The van der Waals surface area contributed by atoms with Gasteiger partial charge < -0.3 is 25.5 Å². The third-order valence-electron chi connectivity index (χ3n) is 4.10. The van der Waals surface area contributed by atoms with E-state index in [1.165, 1.54) is 6.33 Å². The minimum Gasteiger partial charge on any atom is -0.489 e. The second kappa shape index (κ2) is 9.43. The maximum absolute atomic E-state index is 9.52. The Morgan fingerprint density at radius 3 is 2.89 bits per heavy atom. The highest BCUT2D eigenvalue weighted by Gasteiger charge is 2.17. The molecule has 1 saturated heterocycles. The molecule has 2 heterocycles. The van der Waals surface area contributed by atoms with Gasteiger partial charge >= 0.3 is 0 Å². The largest absolute Gasteiger partial charge is 0.489 e. The summed E-state index contributed by atoms with van der Waals surface area (Å²) in [6.45, 7) is 1.34. The molecule has 1 fully saturated rings. The maximum atomic E-state index is 9.52. The highest BCUT2D eigenvalue weighted by atomic mass is 16.5. The second-order valence-corrected chi connectivity index (χ2v) is 6.04. The van der Waals surface area contributed by atoms with Crippen LogP contribution >= 0.6 is 0 Å². The number of allylic oxidation sites excluding steroid dienone is 1. The first-order chi connectivity index (χ1) is 13.7. The molecule has 0 aliphatic carbocycles. The molecule has 0 atom stereocenters. The fourth-order valence-corrected chi connectivity index (χ4v) is 2.73. The van der Waals surface area contributed by atoms with Gasteiger partial charge in [-0.2, -0.15) is 10.2 Å². The van der Waals surface area contributed by atoms with Crippen LogP contribution in [-0.4, -0.2) is 47.5 Å². The van der Waals surface area contributed by atoms with E-state index in [9.17, 15) is 5.26 Å². The predicted molar refractivity (Wildman–Crippen MR) is 104 cm³/mol. The average Bonchev–Trinajstić information content (AvgIpc) is 2.74. The molecule has 28 heavy (non-hydrogen) atoms. The zero-order valence-electron chi connectivity index (χ0n) is 15.5. The third-order valence-corrected chi connectivity index (χ3v) is 4.10. The van der Waals surface area contributed by atoms with Crippen molar-refractivity contribution in [2.75, 3.05) is 25.6 Å². The van der Waals surface area contributed by atoms with E-state index < -0.39 is 0 Å². The Labute approximate surface area is 163 Å². The predicted octanol–water partition coefficient (Wildman–Crippen LogP) is 2.09. The van der Waals surface area contributed by atoms with Crippen molar-refractivity contribution in [1.29, 1.82) is 10.7 Å². The van der Waals surface area contributed by atoms with Gasteiger partial charge in [0.25, 0.3) is 0 Å². The zero-order chi connectivity index (χ0) is 19.8. The summed E-state index contributed by atoms with van der Waals surface area (Å²) in [5.74, 6) is 1.27. The van der Waals surface area contributed by atoms with Crippen LogP contribution in [0.3, 0.4) is 0 Å². The zero-order valence-corrected chi connectivity index (χ0v) is 15.5. The Hall–Kier alpha value is -3.51. The van der Waals surface area contributed by atoms with E-state index in [-0.39, 0.29) is 6.10 Å². The van der Waals surface area contributed by atoms with E-state index in [1.54, 1.807) is 25.4 Å². The molecule has 1 aromatic carbocycles. The van der Waals surface area contributed by atoms with Gasteiger partial charge in [0, 0.05) is 37.9 Å². The summed E-state index contributed by atoms with van der Waals surface area (Å²) in [7, 11) is 1.73. The summed E-state index contributed by atoms with van der Waals surface area (Å²) in [6, 6.07) is 7.46. The van der Waals surface area contributed by atoms with E-state index >= 15 is 0 Å². The van der Waals surface area contributed by atoms with Gasteiger partial charge in [0.15, 0.2) is 5.82 Å². The Kier molecular flexibility index (Phi) is 6.49. The minimum atomic E-state index is 0.0539. The highest BCUT2D eigenvalue weighted by molar-refractivity contribution is 5.79. The number of hydrogen-bond acceptors (Lipinski definition) is 9. The van der Waals surface area contributed by atoms with E-state index in [0.717, 1.165) is 19.1 Å². The Morgan fingerprint density at radius 1 is 1.36 bits per heavy atom. The molecule has 9 heteroatoms. The molecule has 1 aliphatic rings. The molecule has 0 bridgehead atoms. The maximum Gasteiger partial charge on any atom is 0.230 e. The average molecular weight is 379 g/mol. The molecule has 0 saturated carbocycles. The van der Waals surface area contributed by atoms with Crippen LogP contribution in [0.15, 0.2) is 36.4 Å². The van der Waals surface area contributed by atoms with Gasteiger partial charge in [0.1, 0.15) is 24.3 Å². The molecule has 2 aromatic rings. The van der Waals surface area contributed by atoms with Gasteiger partial charge in [-0.1, -0.05) is 0 Å². The van der Waals surface area contributed by atoms with Crippen LogP contribution in [-0.2, 0) is 4.74 Å². The Bertz CT molecular complexity index is 901. The van der Waals surface area contributed by atoms with E-state index in [4.69, 9.17) is 14.9 Å². The summed E-state index contributed by atoms with van der Waals surface area (Å²) in [6.07, 6.45) is 5.82. The number of nitriles is 1. The normalized spacial score (nSPS) is 14.8. The van der Waals surface area contributed by atoms with Crippen molar-refractivity contribution >= 4 is 12.2 Å². The van der Waals surface area contributed by atoms with Crippen LogP contribution < -0.4 is 15.4 Å². The lowest BCUT2D eigenvalue weighted by Gasteiger charge is -2.23. The molecule has 144 valence electrons. The Morgan fingerprint density at radius 2 is 2.18 bits per heavy atom. The van der Waals surface area contributed by atoms with Crippen LogP contribution in [0.1, 0.15) is 18.4 Å². The van der Waals surface area contributed by atoms with Crippen molar-refractivity contribution in [2.24, 2.45) is 0 Å². The topological polar surface area (TPSA) is 129 Å². The van der Waals surface area contributed by atoms with Crippen molar-refractivity contribution < 1.29 is 9.47 Å². The van der Waals surface area contributed by atoms with Gasteiger partial charge in [0.05, 0.1) is 24.5 Å². The Balaban J connectivity index is 1.81. The van der Waals surface area contributed by atoms with Crippen molar-refractivity contribution in [2.45, 2.75) is 18.9 Å². The first-order valence-electron chi connectivity index (χ1n) is 8.86. The lowest BCUT2D eigenvalue weighted by atomic mass is 10.1. The monoisotopic (exact) mass is 379 g/mol. The third kappa shape index (κ3) is 4.81. The molecule has 9 nitrogen and oxygen atoms in total. The van der Waals surface area contributed by atoms with Crippen LogP contribution in [0.25, 0.3) is 11.4 Å². The number of rotatable bonds is 7. The fourth-order valence-electron chi connectivity index (χ4n) is 2.73. The number of nitrogens with zero attached hydrogens (tertiary/aromatic N) is 4. The summed E-state index contributed by atoms with van der Waals surface area (Å²) in [4.78, 5) is 12.6. The van der Waals surface area contributed by atoms with E-state index in [0.29, 0.717) is 47.6 Å². The van der Waals surface area contributed by atoms with Gasteiger partial charge in [-0.05, 0) is 18.2 Å². The van der Waals surface area contributed by atoms with Gasteiger partial charge in [0.2, 0.25) is 5.95 Å². The molecule has 1 aromatic heterocycles. The van der Waals surface area contributed by atoms with E-state index in [1.807, 2.05) is 6.07 Å². The van der Waals surface area contributed by atoms with E-state index in [2.05, 4.69) is 31.7 Å². The first-order valence-corrected chi connectivity index (χ1v) is 8.86. The summed E-state index contributed by atoms with van der Waals surface area (Å²) in [5, 5.41) is 22.7. The lowest BCUT2D eigenvalue weighted by molar-refractivity contribution is 0.0254. The van der Waals surface area contributed by atoms with Gasteiger partial charge in [-0.15, -0.1) is 0 Å². The van der Waals surface area contributed by atoms with Crippen LogP contribution in [0, 0.1) is 16.7 Å². The minimum absolute atomic E-state index is 0.0539. The molecule has 0 unspecified atom stereocenters. The smallest absolute Gasteiger partial charge is 0.230 e. The lowest BCUT2D eigenvalue weighted by Crippen LogP contribution is -2.26. The molecule has 3 rings (SSSR count). The van der Waals surface area contributed by atoms with Crippen LogP contribution in [0.4, 0.5) is 5.95 Å². The molecular weight excluding hydrogens is 358 g/mol. The molecule has 3 N–H and O–H groups in total.